The second-order valence-electron chi connectivity index (χ2n) is 4.67. The van der Waals surface area contributed by atoms with Gasteiger partial charge in [-0.25, -0.2) is 0 Å². The maximum atomic E-state index is 12.7. The molecular weight excluding hydrogens is 347 g/mol. The average molecular weight is 360 g/mol. The van der Waals surface area contributed by atoms with E-state index in [0.29, 0.717) is 16.7 Å². The van der Waals surface area contributed by atoms with E-state index in [-0.39, 0.29) is 5.75 Å². The van der Waals surface area contributed by atoms with Crippen molar-refractivity contribution in [1.82, 2.24) is 0 Å². The Bertz CT molecular complexity index is 656. The topological polar surface area (TPSA) is 32.3 Å². The van der Waals surface area contributed by atoms with Gasteiger partial charge in [0.05, 0.1) is 10.0 Å². The molecule has 0 radical (unpaired) electrons. The van der Waals surface area contributed by atoms with Crippen molar-refractivity contribution >= 4 is 21.6 Å². The summed E-state index contributed by atoms with van der Waals surface area (Å²) in [5.74, 6) is 0.119. The van der Waals surface area contributed by atoms with Crippen LogP contribution in [0.2, 0.25) is 0 Å². The van der Waals surface area contributed by atoms with E-state index in [0.717, 1.165) is 23.3 Å². The number of anilines is 1. The van der Waals surface area contributed by atoms with Crippen LogP contribution in [0.5, 0.6) is 5.75 Å². The standard InChI is InChI=1S/C15H13BrF3NO/c1-9-2-4-11(15(17,18)19)7-13(9)20-8-10-3-5-14(21)12(16)6-10/h2-7,20-21H,8H2,1H3. The first-order valence-corrected chi connectivity index (χ1v) is 6.96. The molecule has 0 spiro atoms. The zero-order valence-corrected chi connectivity index (χ0v) is 12.7. The summed E-state index contributed by atoms with van der Waals surface area (Å²) in [6.45, 7) is 2.11. The number of phenols is 1. The van der Waals surface area contributed by atoms with Crippen molar-refractivity contribution in [2.24, 2.45) is 0 Å². The van der Waals surface area contributed by atoms with Gasteiger partial charge in [-0.3, -0.25) is 0 Å². The molecule has 0 aliphatic heterocycles. The molecule has 2 N–H and O–H groups in total. The molecule has 0 heterocycles. The Morgan fingerprint density at radius 2 is 1.86 bits per heavy atom. The Kier molecular flexibility index (Phi) is 4.46. The molecule has 0 aromatic heterocycles. The Morgan fingerprint density at radius 1 is 1.14 bits per heavy atom. The highest BCUT2D eigenvalue weighted by molar-refractivity contribution is 9.10. The molecule has 0 bridgehead atoms. The summed E-state index contributed by atoms with van der Waals surface area (Å²) >= 11 is 3.20. The van der Waals surface area contributed by atoms with Crippen LogP contribution in [0.15, 0.2) is 40.9 Å². The van der Waals surface area contributed by atoms with Gasteiger partial charge in [-0.05, 0) is 58.2 Å². The third-order valence-corrected chi connectivity index (χ3v) is 3.70. The van der Waals surface area contributed by atoms with Crippen molar-refractivity contribution in [3.63, 3.8) is 0 Å². The molecule has 2 rings (SSSR count). The van der Waals surface area contributed by atoms with E-state index in [4.69, 9.17) is 0 Å². The fourth-order valence-corrected chi connectivity index (χ4v) is 2.27. The minimum absolute atomic E-state index is 0.119. The van der Waals surface area contributed by atoms with E-state index in [1.54, 1.807) is 19.1 Å². The number of aromatic hydroxyl groups is 1. The van der Waals surface area contributed by atoms with Crippen LogP contribution >= 0.6 is 15.9 Å². The summed E-state index contributed by atoms with van der Waals surface area (Å²) in [4.78, 5) is 0. The van der Waals surface area contributed by atoms with Crippen molar-refractivity contribution in [1.29, 1.82) is 0 Å². The molecule has 0 unspecified atom stereocenters. The molecule has 21 heavy (non-hydrogen) atoms. The van der Waals surface area contributed by atoms with Gasteiger partial charge >= 0.3 is 6.18 Å². The fraction of sp³-hybridized carbons (Fsp3) is 0.200. The van der Waals surface area contributed by atoms with Crippen LogP contribution in [0.25, 0.3) is 0 Å². The second-order valence-corrected chi connectivity index (χ2v) is 5.52. The lowest BCUT2D eigenvalue weighted by Crippen LogP contribution is -2.07. The number of hydrogen-bond donors (Lipinski definition) is 2. The van der Waals surface area contributed by atoms with E-state index in [1.165, 1.54) is 12.1 Å². The first-order valence-electron chi connectivity index (χ1n) is 6.16. The van der Waals surface area contributed by atoms with Crippen LogP contribution in [0, 0.1) is 6.92 Å². The zero-order chi connectivity index (χ0) is 15.6. The third-order valence-electron chi connectivity index (χ3n) is 3.06. The van der Waals surface area contributed by atoms with Crippen molar-refractivity contribution in [2.75, 3.05) is 5.32 Å². The molecule has 6 heteroatoms. The Morgan fingerprint density at radius 3 is 2.48 bits per heavy atom. The van der Waals surface area contributed by atoms with Crippen LogP contribution in [0.4, 0.5) is 18.9 Å². The lowest BCUT2D eigenvalue weighted by molar-refractivity contribution is -0.137. The van der Waals surface area contributed by atoms with Gasteiger partial charge in [0.15, 0.2) is 0 Å². The molecule has 0 saturated carbocycles. The molecule has 112 valence electrons. The van der Waals surface area contributed by atoms with Crippen LogP contribution in [0.3, 0.4) is 0 Å². The van der Waals surface area contributed by atoms with E-state index >= 15 is 0 Å². The first-order chi connectivity index (χ1) is 9.77. The maximum absolute atomic E-state index is 12.7. The smallest absolute Gasteiger partial charge is 0.416 e. The molecule has 2 nitrogen and oxygen atoms in total. The van der Waals surface area contributed by atoms with Crippen molar-refractivity contribution < 1.29 is 18.3 Å². The molecule has 0 saturated heterocycles. The number of aryl methyl sites for hydroxylation is 1. The largest absolute Gasteiger partial charge is 0.507 e. The van der Waals surface area contributed by atoms with Gasteiger partial charge in [-0.1, -0.05) is 12.1 Å². The number of halogens is 4. The van der Waals surface area contributed by atoms with E-state index in [2.05, 4.69) is 21.2 Å². The van der Waals surface area contributed by atoms with Gasteiger partial charge in [-0.15, -0.1) is 0 Å². The first kappa shape index (κ1) is 15.7. The summed E-state index contributed by atoms with van der Waals surface area (Å²) in [6.07, 6.45) is -4.36. The molecule has 2 aromatic carbocycles. The normalized spacial score (nSPS) is 11.5. The predicted molar refractivity (Wildman–Crippen MR) is 79.3 cm³/mol. The average Bonchev–Trinajstić information content (AvgIpc) is 2.40. The highest BCUT2D eigenvalue weighted by Gasteiger charge is 2.30. The van der Waals surface area contributed by atoms with Gasteiger partial charge < -0.3 is 10.4 Å². The van der Waals surface area contributed by atoms with Crippen molar-refractivity contribution in [3.05, 3.63) is 57.6 Å². The summed E-state index contributed by atoms with van der Waals surface area (Å²) in [5, 5.41) is 12.4. The number of rotatable bonds is 3. The summed E-state index contributed by atoms with van der Waals surface area (Å²) < 4.78 is 38.6. The van der Waals surface area contributed by atoms with Gasteiger partial charge in [0, 0.05) is 12.2 Å². The van der Waals surface area contributed by atoms with Crippen LogP contribution in [0.1, 0.15) is 16.7 Å². The number of phenolic OH excluding ortho intramolecular Hbond substituents is 1. The van der Waals surface area contributed by atoms with Crippen LogP contribution in [-0.2, 0) is 12.7 Å². The highest BCUT2D eigenvalue weighted by Crippen LogP contribution is 2.32. The number of benzene rings is 2. The SMILES string of the molecule is Cc1ccc(C(F)(F)F)cc1NCc1ccc(O)c(Br)c1. The Balaban J connectivity index is 2.17. The minimum Gasteiger partial charge on any atom is -0.507 e. The van der Waals surface area contributed by atoms with Crippen LogP contribution in [-0.4, -0.2) is 5.11 Å². The van der Waals surface area contributed by atoms with Gasteiger partial charge in [0.1, 0.15) is 5.75 Å². The fourth-order valence-electron chi connectivity index (χ4n) is 1.85. The van der Waals surface area contributed by atoms with E-state index in [9.17, 15) is 18.3 Å². The molecule has 0 fully saturated rings. The summed E-state index contributed by atoms with van der Waals surface area (Å²) in [6, 6.07) is 8.56. The van der Waals surface area contributed by atoms with Gasteiger partial charge in [-0.2, -0.15) is 13.2 Å². The number of hydrogen-bond acceptors (Lipinski definition) is 2. The van der Waals surface area contributed by atoms with Gasteiger partial charge in [0.25, 0.3) is 0 Å². The monoisotopic (exact) mass is 359 g/mol. The van der Waals surface area contributed by atoms with Crippen LogP contribution < -0.4 is 5.32 Å². The lowest BCUT2D eigenvalue weighted by Gasteiger charge is -2.13. The molecule has 2 aromatic rings. The highest BCUT2D eigenvalue weighted by atomic mass is 79.9. The maximum Gasteiger partial charge on any atom is 0.416 e. The Labute approximate surface area is 128 Å². The molecule has 0 atom stereocenters. The minimum atomic E-state index is -4.36. The summed E-state index contributed by atoms with van der Waals surface area (Å²) in [7, 11) is 0. The molecule has 0 amide bonds. The number of alkyl halides is 3. The quantitative estimate of drug-likeness (QED) is 0.799. The lowest BCUT2D eigenvalue weighted by atomic mass is 10.1. The molecule has 0 aliphatic rings. The Hall–Kier alpha value is -1.69. The predicted octanol–water partition coefficient (Wildman–Crippen LogP) is 5.09. The second kappa shape index (κ2) is 5.97. The summed E-state index contributed by atoms with van der Waals surface area (Å²) in [5.41, 5.74) is 1.34. The third kappa shape index (κ3) is 3.91. The van der Waals surface area contributed by atoms with Crippen molar-refractivity contribution in [3.8, 4) is 5.75 Å². The molecular formula is C15H13BrF3NO. The number of nitrogens with one attached hydrogen (secondary N) is 1. The van der Waals surface area contributed by atoms with E-state index < -0.39 is 11.7 Å². The van der Waals surface area contributed by atoms with Crippen molar-refractivity contribution in [2.45, 2.75) is 19.6 Å². The zero-order valence-electron chi connectivity index (χ0n) is 11.1. The van der Waals surface area contributed by atoms with Gasteiger partial charge in [0.2, 0.25) is 0 Å². The molecule has 0 aliphatic carbocycles. The van der Waals surface area contributed by atoms with E-state index in [1.807, 2.05) is 0 Å².